The molecule has 0 radical (unpaired) electrons. The predicted molar refractivity (Wildman–Crippen MR) is 74.4 cm³/mol. The monoisotopic (exact) mass is 251 g/mol. The Labute approximate surface area is 108 Å². The quantitative estimate of drug-likeness (QED) is 0.780. The zero-order valence-electron chi connectivity index (χ0n) is 10.4. The van der Waals surface area contributed by atoms with Gasteiger partial charge in [-0.05, 0) is 24.2 Å². The molecule has 94 valence electrons. The zero-order valence-corrected chi connectivity index (χ0v) is 11.2. The molecule has 2 N–H and O–H groups in total. The molecule has 17 heavy (non-hydrogen) atoms. The number of hydrogen-bond donors (Lipinski definition) is 2. The van der Waals surface area contributed by atoms with Crippen molar-refractivity contribution in [2.45, 2.75) is 31.3 Å². The van der Waals surface area contributed by atoms with Crippen molar-refractivity contribution in [3.63, 3.8) is 0 Å². The average Bonchev–Trinajstić information content (AvgIpc) is 3.19. The molecule has 0 spiro atoms. The molecule has 0 bridgehead atoms. The van der Waals surface area contributed by atoms with E-state index < -0.39 is 0 Å². The maximum Gasteiger partial charge on any atom is 0.0762 e. The first-order chi connectivity index (χ1) is 8.30. The van der Waals surface area contributed by atoms with Gasteiger partial charge in [0.15, 0.2) is 0 Å². The SMILES string of the molecule is CCSCC(CO)(NC1CC1)c1ccccc1. The van der Waals surface area contributed by atoms with E-state index in [2.05, 4.69) is 24.4 Å². The highest BCUT2D eigenvalue weighted by Gasteiger charge is 2.36. The molecule has 1 unspecified atom stereocenters. The molecule has 0 saturated heterocycles. The fourth-order valence-electron chi connectivity index (χ4n) is 2.04. The van der Waals surface area contributed by atoms with Gasteiger partial charge in [0.1, 0.15) is 0 Å². The lowest BCUT2D eigenvalue weighted by molar-refractivity contribution is 0.177. The van der Waals surface area contributed by atoms with Crippen LogP contribution < -0.4 is 5.32 Å². The van der Waals surface area contributed by atoms with Crippen LogP contribution in [0.2, 0.25) is 0 Å². The second-order valence-electron chi connectivity index (χ2n) is 4.66. The van der Waals surface area contributed by atoms with Gasteiger partial charge in [0, 0.05) is 11.8 Å². The van der Waals surface area contributed by atoms with Gasteiger partial charge in [0.05, 0.1) is 12.1 Å². The van der Waals surface area contributed by atoms with Crippen LogP contribution in [0.5, 0.6) is 0 Å². The van der Waals surface area contributed by atoms with E-state index in [1.54, 1.807) is 0 Å². The minimum Gasteiger partial charge on any atom is -0.394 e. The van der Waals surface area contributed by atoms with Crippen LogP contribution in [0.1, 0.15) is 25.3 Å². The number of aliphatic hydroxyl groups excluding tert-OH is 1. The van der Waals surface area contributed by atoms with Crippen molar-refractivity contribution in [1.29, 1.82) is 0 Å². The van der Waals surface area contributed by atoms with Crippen molar-refractivity contribution in [1.82, 2.24) is 5.32 Å². The van der Waals surface area contributed by atoms with Gasteiger partial charge in [-0.2, -0.15) is 11.8 Å². The van der Waals surface area contributed by atoms with Crippen molar-refractivity contribution in [3.05, 3.63) is 35.9 Å². The van der Waals surface area contributed by atoms with E-state index >= 15 is 0 Å². The highest BCUT2D eigenvalue weighted by atomic mass is 32.2. The molecule has 1 aliphatic carbocycles. The van der Waals surface area contributed by atoms with Gasteiger partial charge in [-0.25, -0.2) is 0 Å². The molecule has 1 aromatic rings. The third kappa shape index (κ3) is 3.24. The fraction of sp³-hybridized carbons (Fsp3) is 0.571. The number of hydrogen-bond acceptors (Lipinski definition) is 3. The Morgan fingerprint density at radius 2 is 2.06 bits per heavy atom. The Morgan fingerprint density at radius 1 is 1.35 bits per heavy atom. The predicted octanol–water partition coefficient (Wildman–Crippen LogP) is 2.38. The molecule has 0 aromatic heterocycles. The molecule has 2 rings (SSSR count). The highest BCUT2D eigenvalue weighted by Crippen LogP contribution is 2.31. The molecular formula is C14H21NOS. The van der Waals surface area contributed by atoms with Crippen LogP contribution in [-0.4, -0.2) is 29.3 Å². The van der Waals surface area contributed by atoms with Crippen LogP contribution >= 0.6 is 11.8 Å². The Hall–Kier alpha value is -0.510. The van der Waals surface area contributed by atoms with Crippen molar-refractivity contribution in [2.75, 3.05) is 18.1 Å². The summed E-state index contributed by atoms with van der Waals surface area (Å²) in [5.74, 6) is 2.02. The fourth-order valence-corrected chi connectivity index (χ4v) is 2.94. The molecular weight excluding hydrogens is 230 g/mol. The Morgan fingerprint density at radius 3 is 2.59 bits per heavy atom. The standard InChI is InChI=1S/C14H21NOS/c1-2-17-11-14(10-16,15-13-8-9-13)12-6-4-3-5-7-12/h3-7,13,15-16H,2,8-11H2,1H3. The second-order valence-corrected chi connectivity index (χ2v) is 5.94. The van der Waals surface area contributed by atoms with Gasteiger partial charge in [0.25, 0.3) is 0 Å². The molecule has 0 aliphatic heterocycles. The number of benzene rings is 1. The van der Waals surface area contributed by atoms with Gasteiger partial charge >= 0.3 is 0 Å². The van der Waals surface area contributed by atoms with Gasteiger partial charge < -0.3 is 10.4 Å². The number of thioether (sulfide) groups is 1. The summed E-state index contributed by atoms with van der Waals surface area (Å²) in [4.78, 5) is 0. The minimum atomic E-state index is -0.261. The minimum absolute atomic E-state index is 0.167. The second kappa shape index (κ2) is 5.89. The number of aliphatic hydroxyl groups is 1. The summed E-state index contributed by atoms with van der Waals surface area (Å²) in [7, 11) is 0. The molecule has 1 fully saturated rings. The lowest BCUT2D eigenvalue weighted by Crippen LogP contribution is -2.49. The number of rotatable bonds is 7. The lowest BCUT2D eigenvalue weighted by Gasteiger charge is -2.33. The maximum absolute atomic E-state index is 9.86. The van der Waals surface area contributed by atoms with E-state index in [-0.39, 0.29) is 12.1 Å². The van der Waals surface area contributed by atoms with Gasteiger partial charge in [0.2, 0.25) is 0 Å². The first-order valence-corrected chi connectivity index (χ1v) is 7.48. The van der Waals surface area contributed by atoms with Gasteiger partial charge in [-0.3, -0.25) is 0 Å². The van der Waals surface area contributed by atoms with E-state index in [9.17, 15) is 5.11 Å². The van der Waals surface area contributed by atoms with Crippen molar-refractivity contribution in [3.8, 4) is 0 Å². The summed E-state index contributed by atoms with van der Waals surface area (Å²) < 4.78 is 0. The lowest BCUT2D eigenvalue weighted by atomic mass is 9.92. The van der Waals surface area contributed by atoms with E-state index in [4.69, 9.17) is 0 Å². The molecule has 1 saturated carbocycles. The van der Waals surface area contributed by atoms with Crippen LogP contribution in [0, 0.1) is 0 Å². The van der Waals surface area contributed by atoms with Gasteiger partial charge in [-0.15, -0.1) is 0 Å². The molecule has 2 nitrogen and oxygen atoms in total. The Balaban J connectivity index is 2.19. The van der Waals surface area contributed by atoms with Crippen LogP contribution in [0.4, 0.5) is 0 Å². The van der Waals surface area contributed by atoms with Gasteiger partial charge in [-0.1, -0.05) is 37.3 Å². The Bertz CT molecular complexity index is 339. The largest absolute Gasteiger partial charge is 0.394 e. The molecule has 0 heterocycles. The summed E-state index contributed by atoms with van der Waals surface area (Å²) >= 11 is 1.88. The molecule has 1 aliphatic rings. The summed E-state index contributed by atoms with van der Waals surface area (Å²) in [6.07, 6.45) is 2.48. The van der Waals surface area contributed by atoms with Crippen LogP contribution in [0.25, 0.3) is 0 Å². The molecule has 1 atom stereocenters. The maximum atomic E-state index is 9.86. The first-order valence-electron chi connectivity index (χ1n) is 6.32. The molecule has 0 amide bonds. The first kappa shape index (κ1) is 12.9. The average molecular weight is 251 g/mol. The van der Waals surface area contributed by atoms with E-state index in [1.807, 2.05) is 30.0 Å². The van der Waals surface area contributed by atoms with E-state index in [0.717, 1.165) is 11.5 Å². The summed E-state index contributed by atoms with van der Waals surface area (Å²) in [6.45, 7) is 2.33. The number of nitrogens with one attached hydrogen (secondary N) is 1. The van der Waals surface area contributed by atoms with Crippen LogP contribution in [0.15, 0.2) is 30.3 Å². The highest BCUT2D eigenvalue weighted by molar-refractivity contribution is 7.99. The molecule has 3 heteroatoms. The van der Waals surface area contributed by atoms with Crippen LogP contribution in [-0.2, 0) is 5.54 Å². The third-order valence-corrected chi connectivity index (χ3v) is 4.31. The molecule has 1 aromatic carbocycles. The van der Waals surface area contributed by atoms with Crippen molar-refractivity contribution >= 4 is 11.8 Å². The normalized spacial score (nSPS) is 18.9. The van der Waals surface area contributed by atoms with E-state index in [1.165, 1.54) is 18.4 Å². The van der Waals surface area contributed by atoms with Crippen molar-refractivity contribution < 1.29 is 5.11 Å². The summed E-state index contributed by atoms with van der Waals surface area (Å²) in [5.41, 5.74) is 0.943. The van der Waals surface area contributed by atoms with E-state index in [0.29, 0.717) is 6.04 Å². The third-order valence-electron chi connectivity index (χ3n) is 3.21. The summed E-state index contributed by atoms with van der Waals surface area (Å²) in [5, 5.41) is 13.5. The van der Waals surface area contributed by atoms with Crippen LogP contribution in [0.3, 0.4) is 0 Å². The Kier molecular flexibility index (Phi) is 4.48. The topological polar surface area (TPSA) is 32.3 Å². The summed E-state index contributed by atoms with van der Waals surface area (Å²) in [6, 6.07) is 10.9. The zero-order chi connectivity index (χ0) is 12.1. The smallest absolute Gasteiger partial charge is 0.0762 e. The van der Waals surface area contributed by atoms with Crippen molar-refractivity contribution in [2.24, 2.45) is 0 Å².